The van der Waals surface area contributed by atoms with E-state index in [1.807, 2.05) is 30.3 Å². The second-order valence-electron chi connectivity index (χ2n) is 6.87. The maximum absolute atomic E-state index is 13.0. The van der Waals surface area contributed by atoms with E-state index in [9.17, 15) is 22.8 Å². The number of hydrogen-bond acceptors (Lipinski definition) is 4. The van der Waals surface area contributed by atoms with Crippen molar-refractivity contribution in [3.05, 3.63) is 35.9 Å². The lowest BCUT2D eigenvalue weighted by atomic mass is 10.0. The van der Waals surface area contributed by atoms with Crippen molar-refractivity contribution in [1.82, 2.24) is 9.80 Å². The highest BCUT2D eigenvalue weighted by Gasteiger charge is 2.45. The molecule has 0 spiro atoms. The summed E-state index contributed by atoms with van der Waals surface area (Å²) in [5, 5.41) is 0. The van der Waals surface area contributed by atoms with Crippen molar-refractivity contribution in [3.63, 3.8) is 0 Å². The Morgan fingerprint density at radius 2 is 1.81 bits per heavy atom. The summed E-state index contributed by atoms with van der Waals surface area (Å²) in [6.07, 6.45) is -4.10. The Balaban J connectivity index is 2.01. The molecule has 5 nitrogen and oxygen atoms in total. The number of methoxy groups -OCH3 is 1. The van der Waals surface area contributed by atoms with Crippen molar-refractivity contribution in [2.45, 2.75) is 38.5 Å². The van der Waals surface area contributed by atoms with Gasteiger partial charge in [-0.05, 0) is 18.4 Å². The van der Waals surface area contributed by atoms with Crippen LogP contribution in [0.5, 0.6) is 0 Å². The molecule has 27 heavy (non-hydrogen) atoms. The zero-order chi connectivity index (χ0) is 20.0. The molecular formula is C19H25F3N2O3. The molecule has 1 saturated heterocycles. The highest BCUT2D eigenvalue weighted by molar-refractivity contribution is 5.83. The molecule has 150 valence electrons. The maximum Gasteiger partial charge on any atom is 0.471 e. The molecule has 0 N–H and O–H groups in total. The SMILES string of the molecule is COC(=O)C(C)CN(C(=O)C(F)(F)F)C1CCN(Cc2ccccc2)CC1. The minimum absolute atomic E-state index is 0.297. The molecular weight excluding hydrogens is 361 g/mol. The third kappa shape index (κ3) is 5.95. The number of ether oxygens (including phenoxy) is 1. The Hall–Kier alpha value is -2.09. The molecule has 0 saturated carbocycles. The van der Waals surface area contributed by atoms with Crippen molar-refractivity contribution < 1.29 is 27.5 Å². The molecule has 8 heteroatoms. The summed E-state index contributed by atoms with van der Waals surface area (Å²) >= 11 is 0. The average Bonchev–Trinajstić information content (AvgIpc) is 2.65. The van der Waals surface area contributed by atoms with Gasteiger partial charge >= 0.3 is 18.1 Å². The van der Waals surface area contributed by atoms with Crippen LogP contribution >= 0.6 is 0 Å². The van der Waals surface area contributed by atoms with Gasteiger partial charge in [0.25, 0.3) is 0 Å². The van der Waals surface area contributed by atoms with Gasteiger partial charge in [-0.2, -0.15) is 13.2 Å². The van der Waals surface area contributed by atoms with Crippen LogP contribution in [0.15, 0.2) is 30.3 Å². The van der Waals surface area contributed by atoms with Crippen LogP contribution in [0.4, 0.5) is 13.2 Å². The zero-order valence-corrected chi connectivity index (χ0v) is 15.5. The number of carbonyl (C=O) groups is 2. The van der Waals surface area contributed by atoms with Crippen LogP contribution in [0.2, 0.25) is 0 Å². The molecule has 0 radical (unpaired) electrons. The largest absolute Gasteiger partial charge is 0.471 e. The molecule has 2 rings (SSSR count). The fourth-order valence-electron chi connectivity index (χ4n) is 3.36. The number of benzene rings is 1. The number of piperidine rings is 1. The molecule has 0 aromatic heterocycles. The number of esters is 1. The first kappa shape index (κ1) is 21.2. The zero-order valence-electron chi connectivity index (χ0n) is 15.5. The van der Waals surface area contributed by atoms with E-state index in [4.69, 9.17) is 0 Å². The van der Waals surface area contributed by atoms with Gasteiger partial charge < -0.3 is 9.64 Å². The van der Waals surface area contributed by atoms with E-state index < -0.39 is 30.0 Å². The number of likely N-dealkylation sites (tertiary alicyclic amines) is 1. The van der Waals surface area contributed by atoms with Crippen molar-refractivity contribution in [1.29, 1.82) is 0 Å². The molecule has 1 atom stereocenters. The Kier molecular flexibility index (Phi) is 7.24. The van der Waals surface area contributed by atoms with Crippen LogP contribution in [-0.4, -0.2) is 60.6 Å². The molecule has 1 unspecified atom stereocenters. The van der Waals surface area contributed by atoms with Crippen LogP contribution in [-0.2, 0) is 20.9 Å². The lowest BCUT2D eigenvalue weighted by Crippen LogP contribution is -2.53. The number of hydrogen-bond donors (Lipinski definition) is 0. The quantitative estimate of drug-likeness (QED) is 0.706. The predicted octanol–water partition coefficient (Wildman–Crippen LogP) is 2.85. The highest BCUT2D eigenvalue weighted by atomic mass is 19.4. The monoisotopic (exact) mass is 386 g/mol. The van der Waals surface area contributed by atoms with Crippen LogP contribution in [0, 0.1) is 5.92 Å². The smallest absolute Gasteiger partial charge is 0.469 e. The van der Waals surface area contributed by atoms with Crippen LogP contribution < -0.4 is 0 Å². The van der Waals surface area contributed by atoms with Crippen LogP contribution in [0.3, 0.4) is 0 Å². The van der Waals surface area contributed by atoms with Gasteiger partial charge in [0.05, 0.1) is 13.0 Å². The standard InChI is InChI=1S/C19H25F3N2O3/c1-14(17(25)27-2)12-24(18(26)19(20,21)22)16-8-10-23(11-9-16)13-15-6-4-3-5-7-15/h3-7,14,16H,8-13H2,1-2H3. The summed E-state index contributed by atoms with van der Waals surface area (Å²) in [5.41, 5.74) is 1.14. The number of rotatable bonds is 6. The van der Waals surface area contributed by atoms with Gasteiger partial charge in [0.1, 0.15) is 0 Å². The molecule has 1 aliphatic heterocycles. The fourth-order valence-corrected chi connectivity index (χ4v) is 3.36. The van der Waals surface area contributed by atoms with Gasteiger partial charge in [-0.1, -0.05) is 37.3 Å². The number of halogens is 3. The Morgan fingerprint density at radius 3 is 2.33 bits per heavy atom. The second kappa shape index (κ2) is 9.21. The van der Waals surface area contributed by atoms with E-state index in [0.717, 1.165) is 17.0 Å². The Labute approximate surface area is 157 Å². The predicted molar refractivity (Wildman–Crippen MR) is 93.7 cm³/mol. The van der Waals surface area contributed by atoms with Gasteiger partial charge in [0, 0.05) is 32.2 Å². The number of carbonyl (C=O) groups excluding carboxylic acids is 2. The third-order valence-corrected chi connectivity index (χ3v) is 4.82. The van der Waals surface area contributed by atoms with E-state index in [1.54, 1.807) is 0 Å². The topological polar surface area (TPSA) is 49.9 Å². The van der Waals surface area contributed by atoms with Crippen molar-refractivity contribution in [3.8, 4) is 0 Å². The summed E-state index contributed by atoms with van der Waals surface area (Å²) < 4.78 is 43.7. The van der Waals surface area contributed by atoms with E-state index in [-0.39, 0.29) is 6.54 Å². The first-order valence-electron chi connectivity index (χ1n) is 8.94. The molecule has 1 amide bonds. The molecule has 1 aromatic rings. The first-order chi connectivity index (χ1) is 12.7. The van der Waals surface area contributed by atoms with E-state index >= 15 is 0 Å². The summed E-state index contributed by atoms with van der Waals surface area (Å²) in [6, 6.07) is 9.28. The highest BCUT2D eigenvalue weighted by Crippen LogP contribution is 2.26. The number of nitrogens with zero attached hydrogens (tertiary/aromatic N) is 2. The van der Waals surface area contributed by atoms with E-state index in [1.165, 1.54) is 14.0 Å². The Bertz CT molecular complexity index is 629. The molecule has 1 heterocycles. The second-order valence-corrected chi connectivity index (χ2v) is 6.87. The Morgan fingerprint density at radius 1 is 1.22 bits per heavy atom. The van der Waals surface area contributed by atoms with Gasteiger partial charge in [0.2, 0.25) is 0 Å². The van der Waals surface area contributed by atoms with Gasteiger partial charge in [0.15, 0.2) is 0 Å². The molecule has 1 aliphatic rings. The third-order valence-electron chi connectivity index (χ3n) is 4.82. The average molecular weight is 386 g/mol. The van der Waals surface area contributed by atoms with Crippen molar-refractivity contribution >= 4 is 11.9 Å². The maximum atomic E-state index is 13.0. The summed E-state index contributed by atoms with van der Waals surface area (Å²) in [4.78, 5) is 26.5. The van der Waals surface area contributed by atoms with Crippen LogP contribution in [0.1, 0.15) is 25.3 Å². The van der Waals surface area contributed by atoms with E-state index in [0.29, 0.717) is 25.9 Å². The summed E-state index contributed by atoms with van der Waals surface area (Å²) in [7, 11) is 1.18. The molecule has 0 bridgehead atoms. The molecule has 1 aromatic carbocycles. The van der Waals surface area contributed by atoms with Crippen molar-refractivity contribution in [2.75, 3.05) is 26.7 Å². The summed E-state index contributed by atoms with van der Waals surface area (Å²) in [6.45, 7) is 3.07. The number of amides is 1. The lowest BCUT2D eigenvalue weighted by molar-refractivity contribution is -0.189. The molecule has 1 fully saturated rings. The van der Waals surface area contributed by atoms with Gasteiger partial charge in [-0.15, -0.1) is 0 Å². The minimum atomic E-state index is -4.96. The van der Waals surface area contributed by atoms with E-state index in [2.05, 4.69) is 9.64 Å². The number of alkyl halides is 3. The van der Waals surface area contributed by atoms with Gasteiger partial charge in [-0.3, -0.25) is 14.5 Å². The summed E-state index contributed by atoms with van der Waals surface area (Å²) in [5.74, 6) is -3.33. The van der Waals surface area contributed by atoms with Gasteiger partial charge in [-0.25, -0.2) is 0 Å². The molecule has 0 aliphatic carbocycles. The first-order valence-corrected chi connectivity index (χ1v) is 8.94. The normalized spacial score (nSPS) is 17.4. The minimum Gasteiger partial charge on any atom is -0.469 e. The fraction of sp³-hybridized carbons (Fsp3) is 0.579. The lowest BCUT2D eigenvalue weighted by Gasteiger charge is -2.39. The van der Waals surface area contributed by atoms with Crippen LogP contribution in [0.25, 0.3) is 0 Å². The van der Waals surface area contributed by atoms with Crippen molar-refractivity contribution in [2.24, 2.45) is 5.92 Å².